The number of hydrogen-bond acceptors (Lipinski definition) is 2. The van der Waals surface area contributed by atoms with Gasteiger partial charge in [0.05, 0.1) is 6.42 Å². The number of nitrogens with two attached hydrogens (primary N) is 1. The predicted molar refractivity (Wildman–Crippen MR) is 79.6 cm³/mol. The molecule has 4 nitrogen and oxygen atoms in total. The molecule has 3 N–H and O–H groups in total. The molecule has 0 spiro atoms. The van der Waals surface area contributed by atoms with Crippen LogP contribution in [0.2, 0.25) is 10.0 Å². The normalized spacial score (nSPS) is 11.7. The van der Waals surface area contributed by atoms with Crippen LogP contribution in [0.3, 0.4) is 0 Å². The first-order chi connectivity index (χ1) is 8.90. The van der Waals surface area contributed by atoms with Gasteiger partial charge in [0.15, 0.2) is 5.96 Å². The van der Waals surface area contributed by atoms with Gasteiger partial charge in [-0.1, -0.05) is 43.1 Å². The molecule has 0 aliphatic rings. The fourth-order valence-corrected chi connectivity index (χ4v) is 1.90. The number of guanidine groups is 1. The van der Waals surface area contributed by atoms with Crippen molar-refractivity contribution in [1.29, 1.82) is 0 Å². The average Bonchev–Trinajstić information content (AvgIpc) is 2.31. The van der Waals surface area contributed by atoms with Crippen molar-refractivity contribution >= 4 is 35.1 Å². The first-order valence-electron chi connectivity index (χ1n) is 5.92. The lowest BCUT2D eigenvalue weighted by molar-refractivity contribution is -0.119. The summed E-state index contributed by atoms with van der Waals surface area (Å²) in [6.45, 7) is 4.60. The van der Waals surface area contributed by atoms with Gasteiger partial charge in [-0.3, -0.25) is 15.1 Å². The zero-order valence-corrected chi connectivity index (χ0v) is 12.4. The molecule has 1 aromatic carbocycles. The van der Waals surface area contributed by atoms with E-state index in [4.69, 9.17) is 28.9 Å². The van der Waals surface area contributed by atoms with Crippen LogP contribution in [0, 0.1) is 5.92 Å². The fraction of sp³-hybridized carbons (Fsp3) is 0.385. The molecular formula is C13H17Cl2N3O. The molecule has 0 aliphatic carbocycles. The Bertz CT molecular complexity index is 467. The maximum Gasteiger partial charge on any atom is 0.231 e. The van der Waals surface area contributed by atoms with Crippen molar-refractivity contribution < 1.29 is 4.79 Å². The quantitative estimate of drug-likeness (QED) is 0.663. The first kappa shape index (κ1) is 15.8. The number of hydrogen-bond donors (Lipinski definition) is 2. The number of halogens is 2. The molecular weight excluding hydrogens is 285 g/mol. The molecule has 1 rings (SSSR count). The van der Waals surface area contributed by atoms with Crippen LogP contribution in [0.15, 0.2) is 23.2 Å². The zero-order chi connectivity index (χ0) is 14.4. The lowest BCUT2D eigenvalue weighted by Gasteiger charge is -2.08. The molecule has 0 saturated carbocycles. The largest absolute Gasteiger partial charge is 0.370 e. The van der Waals surface area contributed by atoms with Gasteiger partial charge in [0.1, 0.15) is 0 Å². The Labute approximate surface area is 123 Å². The van der Waals surface area contributed by atoms with Gasteiger partial charge in [0, 0.05) is 16.6 Å². The van der Waals surface area contributed by atoms with Crippen LogP contribution in [-0.2, 0) is 11.2 Å². The van der Waals surface area contributed by atoms with Crippen LogP contribution in [0.1, 0.15) is 19.4 Å². The lowest BCUT2D eigenvalue weighted by atomic mass is 10.1. The molecule has 6 heteroatoms. The van der Waals surface area contributed by atoms with Crippen molar-refractivity contribution in [2.24, 2.45) is 16.6 Å². The maximum absolute atomic E-state index is 11.8. The highest BCUT2D eigenvalue weighted by Gasteiger charge is 2.11. The van der Waals surface area contributed by atoms with Gasteiger partial charge in [-0.05, 0) is 23.6 Å². The van der Waals surface area contributed by atoms with Gasteiger partial charge in [-0.2, -0.15) is 0 Å². The van der Waals surface area contributed by atoms with E-state index in [1.54, 1.807) is 18.2 Å². The van der Waals surface area contributed by atoms with E-state index in [1.165, 1.54) is 0 Å². The molecule has 0 bridgehead atoms. The second kappa shape index (κ2) is 7.36. The number of aliphatic imine (C=N–C) groups is 1. The highest BCUT2D eigenvalue weighted by Crippen LogP contribution is 2.24. The van der Waals surface area contributed by atoms with Crippen molar-refractivity contribution in [2.75, 3.05) is 6.54 Å². The van der Waals surface area contributed by atoms with Crippen molar-refractivity contribution in [3.63, 3.8) is 0 Å². The number of nitrogens with zero attached hydrogens (tertiary/aromatic N) is 1. The Hall–Kier alpha value is -1.26. The minimum absolute atomic E-state index is 0.0659. The minimum Gasteiger partial charge on any atom is -0.370 e. The third kappa shape index (κ3) is 5.49. The zero-order valence-electron chi connectivity index (χ0n) is 10.9. The summed E-state index contributed by atoms with van der Waals surface area (Å²) in [7, 11) is 0. The summed E-state index contributed by atoms with van der Waals surface area (Å²) < 4.78 is 0. The van der Waals surface area contributed by atoms with Gasteiger partial charge in [-0.15, -0.1) is 0 Å². The number of nitrogens with one attached hydrogen (secondary N) is 1. The third-order valence-corrected chi connectivity index (χ3v) is 3.00. The summed E-state index contributed by atoms with van der Waals surface area (Å²) in [5, 5.41) is 3.43. The Morgan fingerprint density at radius 3 is 2.47 bits per heavy atom. The van der Waals surface area contributed by atoms with Crippen LogP contribution in [-0.4, -0.2) is 18.4 Å². The molecule has 19 heavy (non-hydrogen) atoms. The third-order valence-electron chi connectivity index (χ3n) is 2.29. The summed E-state index contributed by atoms with van der Waals surface area (Å²) in [5.74, 6) is 0.204. The van der Waals surface area contributed by atoms with Crippen molar-refractivity contribution in [2.45, 2.75) is 20.3 Å². The topological polar surface area (TPSA) is 67.5 Å². The molecule has 1 amide bonds. The van der Waals surface area contributed by atoms with E-state index in [0.29, 0.717) is 28.1 Å². The fourth-order valence-electron chi connectivity index (χ4n) is 1.37. The van der Waals surface area contributed by atoms with Crippen molar-refractivity contribution in [3.05, 3.63) is 33.8 Å². The number of amides is 1. The van der Waals surface area contributed by atoms with Crippen LogP contribution < -0.4 is 11.1 Å². The Morgan fingerprint density at radius 2 is 1.95 bits per heavy atom. The van der Waals surface area contributed by atoms with E-state index in [1.807, 2.05) is 13.8 Å². The van der Waals surface area contributed by atoms with Crippen molar-refractivity contribution in [3.8, 4) is 0 Å². The van der Waals surface area contributed by atoms with E-state index < -0.39 is 0 Å². The number of carbonyl (C=O) groups excluding carboxylic acids is 1. The molecule has 0 radical (unpaired) electrons. The smallest absolute Gasteiger partial charge is 0.231 e. The maximum atomic E-state index is 11.8. The molecule has 0 atom stereocenters. The molecule has 0 fully saturated rings. The second-order valence-electron chi connectivity index (χ2n) is 4.54. The van der Waals surface area contributed by atoms with Gasteiger partial charge in [0.2, 0.25) is 5.91 Å². The summed E-state index contributed by atoms with van der Waals surface area (Å²) in [5.41, 5.74) is 6.19. The summed E-state index contributed by atoms with van der Waals surface area (Å²) >= 11 is 12.0. The molecule has 0 aliphatic heterocycles. The standard InChI is InChI=1S/C13H17Cl2N3O/c1-8(2)7-17-13(16)18-12(19)6-9-10(14)4-3-5-11(9)15/h3-5,8H,6-7H2,1-2H3,(H3,16,17,18,19). The lowest BCUT2D eigenvalue weighted by Crippen LogP contribution is -2.38. The number of carbonyl (C=O) groups is 1. The van der Waals surface area contributed by atoms with Gasteiger partial charge in [-0.25, -0.2) is 0 Å². The van der Waals surface area contributed by atoms with E-state index in [-0.39, 0.29) is 18.3 Å². The average molecular weight is 302 g/mol. The van der Waals surface area contributed by atoms with Crippen molar-refractivity contribution in [1.82, 2.24) is 5.32 Å². The van der Waals surface area contributed by atoms with Crippen LogP contribution >= 0.6 is 23.2 Å². The highest BCUT2D eigenvalue weighted by atomic mass is 35.5. The van der Waals surface area contributed by atoms with Gasteiger partial charge >= 0.3 is 0 Å². The van der Waals surface area contributed by atoms with Crippen LogP contribution in [0.25, 0.3) is 0 Å². The predicted octanol–water partition coefficient (Wildman–Crippen LogP) is 2.62. The number of benzene rings is 1. The Kier molecular flexibility index (Phi) is 6.12. The van der Waals surface area contributed by atoms with Gasteiger partial charge in [0.25, 0.3) is 0 Å². The van der Waals surface area contributed by atoms with Crippen LogP contribution in [0.5, 0.6) is 0 Å². The molecule has 0 saturated heterocycles. The molecule has 0 unspecified atom stereocenters. The number of rotatable bonds is 4. The van der Waals surface area contributed by atoms with E-state index >= 15 is 0 Å². The molecule has 0 heterocycles. The molecule has 0 aromatic heterocycles. The van der Waals surface area contributed by atoms with E-state index in [2.05, 4.69) is 10.3 Å². The molecule has 1 aromatic rings. The second-order valence-corrected chi connectivity index (χ2v) is 5.36. The van der Waals surface area contributed by atoms with E-state index in [9.17, 15) is 4.79 Å². The monoisotopic (exact) mass is 301 g/mol. The summed E-state index contributed by atoms with van der Waals surface area (Å²) in [6.07, 6.45) is 0.0659. The summed E-state index contributed by atoms with van der Waals surface area (Å²) in [4.78, 5) is 15.8. The highest BCUT2D eigenvalue weighted by molar-refractivity contribution is 6.36. The minimum atomic E-state index is -0.292. The van der Waals surface area contributed by atoms with Crippen LogP contribution in [0.4, 0.5) is 0 Å². The molecule has 104 valence electrons. The van der Waals surface area contributed by atoms with Gasteiger partial charge < -0.3 is 5.73 Å². The van der Waals surface area contributed by atoms with E-state index in [0.717, 1.165) is 0 Å². The SMILES string of the molecule is CC(C)CN=C(N)NC(=O)Cc1c(Cl)cccc1Cl. The Morgan fingerprint density at radius 1 is 1.37 bits per heavy atom. The first-order valence-corrected chi connectivity index (χ1v) is 6.68. The summed E-state index contributed by atoms with van der Waals surface area (Å²) in [6, 6.07) is 5.10. The Balaban J connectivity index is 2.63.